The molecule has 3 heterocycles. The van der Waals surface area contributed by atoms with E-state index in [1.54, 1.807) is 10.6 Å². The van der Waals surface area contributed by atoms with Gasteiger partial charge in [-0.25, -0.2) is 14.1 Å². The first-order chi connectivity index (χ1) is 15.2. The minimum atomic E-state index is -0.138. The van der Waals surface area contributed by atoms with Crippen LogP contribution in [0.5, 0.6) is 0 Å². The Labute approximate surface area is 178 Å². The van der Waals surface area contributed by atoms with E-state index in [1.807, 2.05) is 48.5 Å². The number of fused-ring (bicyclic) bond motifs is 3. The summed E-state index contributed by atoms with van der Waals surface area (Å²) in [4.78, 5) is 23.4. The molecule has 0 atom stereocenters. The number of nitrogens with two attached hydrogens (primary N) is 1. The fourth-order valence-electron chi connectivity index (χ4n) is 4.70. The molecule has 0 amide bonds. The molecule has 6 nitrogen and oxygen atoms in total. The lowest BCUT2D eigenvalue weighted by molar-refractivity contribution is 0.671. The quantitative estimate of drug-likeness (QED) is 0.449. The summed E-state index contributed by atoms with van der Waals surface area (Å²) >= 11 is 0. The Bertz CT molecular complexity index is 1500. The van der Waals surface area contributed by atoms with Crippen LogP contribution in [0.1, 0.15) is 24.1 Å². The molecule has 31 heavy (non-hydrogen) atoms. The van der Waals surface area contributed by atoms with E-state index in [0.29, 0.717) is 16.8 Å². The molecular weight excluding hydrogens is 386 g/mol. The third kappa shape index (κ3) is 2.68. The summed E-state index contributed by atoms with van der Waals surface area (Å²) in [5.74, 6) is 6.77. The molecule has 5 aromatic rings. The van der Waals surface area contributed by atoms with Crippen LogP contribution in [0.25, 0.3) is 39.2 Å². The molecule has 0 spiro atoms. The average Bonchev–Trinajstić information content (AvgIpc) is 3.15. The lowest BCUT2D eigenvalue weighted by atomic mass is 9.87. The highest BCUT2D eigenvalue weighted by Gasteiger charge is 2.24. The Morgan fingerprint density at radius 2 is 1.52 bits per heavy atom. The van der Waals surface area contributed by atoms with Crippen molar-refractivity contribution in [2.24, 2.45) is 0 Å². The summed E-state index contributed by atoms with van der Waals surface area (Å²) in [6.45, 7) is 0. The lowest BCUT2D eigenvalue weighted by Gasteiger charge is -2.20. The van der Waals surface area contributed by atoms with Crippen LogP contribution in [0.2, 0.25) is 0 Å². The monoisotopic (exact) mass is 407 g/mol. The Balaban J connectivity index is 1.75. The number of benzene rings is 2. The molecule has 3 aromatic heterocycles. The van der Waals surface area contributed by atoms with Crippen molar-refractivity contribution in [3.8, 4) is 22.4 Å². The lowest BCUT2D eigenvalue weighted by Crippen LogP contribution is -2.20. The molecule has 0 saturated carbocycles. The maximum Gasteiger partial charge on any atom is 0.269 e. The molecule has 0 aliphatic heterocycles. The van der Waals surface area contributed by atoms with Gasteiger partial charge in [-0.3, -0.25) is 4.79 Å². The molecule has 1 aliphatic carbocycles. The predicted molar refractivity (Wildman–Crippen MR) is 122 cm³/mol. The van der Waals surface area contributed by atoms with E-state index >= 15 is 0 Å². The molecule has 6 heteroatoms. The zero-order chi connectivity index (χ0) is 20.9. The van der Waals surface area contributed by atoms with Gasteiger partial charge in [-0.05, 0) is 36.8 Å². The van der Waals surface area contributed by atoms with E-state index in [1.165, 1.54) is 10.2 Å². The molecule has 0 unspecified atom stereocenters. The summed E-state index contributed by atoms with van der Waals surface area (Å²) in [7, 11) is 0. The van der Waals surface area contributed by atoms with Crippen molar-refractivity contribution in [2.45, 2.75) is 25.7 Å². The van der Waals surface area contributed by atoms with Gasteiger partial charge in [0.25, 0.3) is 5.56 Å². The van der Waals surface area contributed by atoms with Crippen molar-refractivity contribution in [1.82, 2.24) is 19.0 Å². The molecule has 0 radical (unpaired) electrons. The predicted octanol–water partition coefficient (Wildman–Crippen LogP) is 3.97. The van der Waals surface area contributed by atoms with Gasteiger partial charge in [0.2, 0.25) is 5.78 Å². The third-order valence-electron chi connectivity index (χ3n) is 6.17. The third-order valence-corrected chi connectivity index (χ3v) is 6.17. The largest absolute Gasteiger partial charge is 0.336 e. The Kier molecular flexibility index (Phi) is 3.93. The molecule has 152 valence electrons. The molecule has 0 saturated heterocycles. The van der Waals surface area contributed by atoms with Crippen molar-refractivity contribution < 1.29 is 0 Å². The highest BCUT2D eigenvalue weighted by Crippen LogP contribution is 2.35. The fraction of sp³-hybridized carbons (Fsp3) is 0.160. The van der Waals surface area contributed by atoms with E-state index in [9.17, 15) is 4.79 Å². The number of rotatable bonds is 2. The molecular formula is C25H21N5O. The maximum absolute atomic E-state index is 13.8. The van der Waals surface area contributed by atoms with E-state index in [-0.39, 0.29) is 5.56 Å². The fourth-order valence-corrected chi connectivity index (χ4v) is 4.70. The summed E-state index contributed by atoms with van der Waals surface area (Å²) in [5, 5.41) is 0.564. The summed E-state index contributed by atoms with van der Waals surface area (Å²) in [6.07, 6.45) is 5.82. The number of imidazole rings is 1. The van der Waals surface area contributed by atoms with E-state index < -0.39 is 0 Å². The van der Waals surface area contributed by atoms with Crippen molar-refractivity contribution in [1.29, 1.82) is 0 Å². The highest BCUT2D eigenvalue weighted by atomic mass is 16.1. The highest BCUT2D eigenvalue weighted by molar-refractivity contribution is 5.95. The van der Waals surface area contributed by atoms with Gasteiger partial charge in [0.05, 0.1) is 11.1 Å². The van der Waals surface area contributed by atoms with Gasteiger partial charge < -0.3 is 5.84 Å². The van der Waals surface area contributed by atoms with Crippen LogP contribution < -0.4 is 11.4 Å². The molecule has 2 aromatic carbocycles. The van der Waals surface area contributed by atoms with Gasteiger partial charge in [-0.2, -0.15) is 4.98 Å². The van der Waals surface area contributed by atoms with E-state index in [2.05, 4.69) is 12.1 Å². The summed E-state index contributed by atoms with van der Waals surface area (Å²) < 4.78 is 3.02. The standard InChI is InChI=1S/C25H21N5O/c26-30-20(16-9-3-1-4-10-16)15-29-24(31)22-21(17-11-5-2-6-12-17)18-13-7-8-14-19(18)27-23(22)28-25(29)30/h1-6,9-12,15H,7-8,13-14,26H2. The van der Waals surface area contributed by atoms with Gasteiger partial charge in [0.1, 0.15) is 0 Å². The second-order valence-electron chi connectivity index (χ2n) is 8.02. The second kappa shape index (κ2) is 6.80. The van der Waals surface area contributed by atoms with Crippen molar-refractivity contribution in [2.75, 3.05) is 5.84 Å². The first-order valence-electron chi connectivity index (χ1n) is 10.6. The first kappa shape index (κ1) is 17.9. The molecule has 1 aliphatic rings. The molecule has 6 rings (SSSR count). The zero-order valence-electron chi connectivity index (χ0n) is 17.0. The van der Waals surface area contributed by atoms with Gasteiger partial charge in [0, 0.05) is 23.0 Å². The van der Waals surface area contributed by atoms with E-state index in [0.717, 1.165) is 53.8 Å². The number of aromatic nitrogens is 4. The smallest absolute Gasteiger partial charge is 0.269 e. The number of aryl methyl sites for hydroxylation is 1. The number of pyridine rings is 1. The first-order valence-corrected chi connectivity index (χ1v) is 10.6. The van der Waals surface area contributed by atoms with Crippen LogP contribution in [0.3, 0.4) is 0 Å². The van der Waals surface area contributed by atoms with Gasteiger partial charge in [-0.1, -0.05) is 60.7 Å². The van der Waals surface area contributed by atoms with Gasteiger partial charge in [0.15, 0.2) is 5.65 Å². The maximum atomic E-state index is 13.8. The molecule has 0 fully saturated rings. The van der Waals surface area contributed by atoms with Crippen LogP contribution in [-0.2, 0) is 12.8 Å². The molecule has 2 N–H and O–H groups in total. The number of nitrogens with zero attached hydrogens (tertiary/aromatic N) is 4. The summed E-state index contributed by atoms with van der Waals surface area (Å²) in [6, 6.07) is 19.9. The normalized spacial score (nSPS) is 13.5. The van der Waals surface area contributed by atoms with Crippen LogP contribution in [0.4, 0.5) is 0 Å². The van der Waals surface area contributed by atoms with Gasteiger partial charge >= 0.3 is 0 Å². The minimum absolute atomic E-state index is 0.138. The topological polar surface area (TPSA) is 78.2 Å². The van der Waals surface area contributed by atoms with Crippen LogP contribution in [0.15, 0.2) is 71.7 Å². The summed E-state index contributed by atoms with van der Waals surface area (Å²) in [5.41, 5.74) is 6.21. The number of hydrogen-bond acceptors (Lipinski definition) is 4. The van der Waals surface area contributed by atoms with Gasteiger partial charge in [-0.15, -0.1) is 0 Å². The number of hydrogen-bond donors (Lipinski definition) is 1. The van der Waals surface area contributed by atoms with Crippen LogP contribution >= 0.6 is 0 Å². The van der Waals surface area contributed by atoms with Crippen LogP contribution in [0, 0.1) is 0 Å². The Hall–Kier alpha value is -3.93. The van der Waals surface area contributed by atoms with Crippen molar-refractivity contribution >= 4 is 16.8 Å². The number of nitrogen functional groups attached to an aromatic ring is 1. The van der Waals surface area contributed by atoms with E-state index in [4.69, 9.17) is 15.8 Å². The molecule has 0 bridgehead atoms. The van der Waals surface area contributed by atoms with Crippen LogP contribution in [-0.4, -0.2) is 19.0 Å². The zero-order valence-corrected chi connectivity index (χ0v) is 17.0. The Morgan fingerprint density at radius 1 is 0.839 bits per heavy atom. The second-order valence-corrected chi connectivity index (χ2v) is 8.02. The average molecular weight is 407 g/mol. The van der Waals surface area contributed by atoms with Crippen molar-refractivity contribution in [3.05, 3.63) is 88.5 Å². The van der Waals surface area contributed by atoms with Crippen molar-refractivity contribution in [3.63, 3.8) is 0 Å². The minimum Gasteiger partial charge on any atom is -0.336 e. The SMILES string of the molecule is Nn1c(-c2ccccc2)cn2c(=O)c3c(-c4ccccc4)c4c(nc3nc12)CCCC4. The Morgan fingerprint density at radius 3 is 2.26 bits per heavy atom.